The minimum Gasteiger partial charge on any atom is -0.356 e. The molecule has 0 aromatic heterocycles. The lowest BCUT2D eigenvalue weighted by atomic mass is 10.00. The highest BCUT2D eigenvalue weighted by atomic mass is 16.2. The van der Waals surface area contributed by atoms with E-state index >= 15 is 0 Å². The Morgan fingerprint density at radius 1 is 0.969 bits per heavy atom. The van der Waals surface area contributed by atoms with Crippen molar-refractivity contribution in [2.45, 2.75) is 51.0 Å². The molecule has 0 radical (unpaired) electrons. The zero-order valence-electron chi connectivity index (χ0n) is 18.6. The van der Waals surface area contributed by atoms with Gasteiger partial charge in [-0.05, 0) is 43.2 Å². The van der Waals surface area contributed by atoms with Crippen LogP contribution in [0.3, 0.4) is 0 Å². The molecule has 1 aliphatic heterocycles. The minimum absolute atomic E-state index is 0.0465. The molecule has 0 aliphatic carbocycles. The molecule has 0 bridgehead atoms. The van der Waals surface area contributed by atoms with Gasteiger partial charge in [-0.3, -0.25) is 14.4 Å². The van der Waals surface area contributed by atoms with Crippen molar-refractivity contribution >= 4 is 17.7 Å². The molecule has 1 fully saturated rings. The Hall–Kier alpha value is -3.15. The number of nitrogens with zero attached hydrogens (tertiary/aromatic N) is 1. The summed E-state index contributed by atoms with van der Waals surface area (Å²) in [6, 6.07) is 19.4. The number of carbonyl (C=O) groups is 3. The average Bonchev–Trinajstić information content (AvgIpc) is 2.82. The molecule has 1 unspecified atom stereocenters. The average molecular weight is 436 g/mol. The molecule has 3 rings (SSSR count). The lowest BCUT2D eigenvalue weighted by Crippen LogP contribution is -2.44. The zero-order valence-corrected chi connectivity index (χ0v) is 18.6. The van der Waals surface area contributed by atoms with E-state index in [0.717, 1.165) is 37.7 Å². The molecule has 170 valence electrons. The second-order valence-electron chi connectivity index (χ2n) is 8.24. The van der Waals surface area contributed by atoms with Gasteiger partial charge in [0.15, 0.2) is 0 Å². The van der Waals surface area contributed by atoms with Crippen molar-refractivity contribution in [3.05, 3.63) is 71.8 Å². The summed E-state index contributed by atoms with van der Waals surface area (Å²) in [5.41, 5.74) is 2.14. The molecular formula is C26H33N3O3. The Morgan fingerprint density at radius 3 is 2.44 bits per heavy atom. The normalized spacial score (nSPS) is 17.3. The highest BCUT2D eigenvalue weighted by Crippen LogP contribution is 2.25. The number of rotatable bonds is 7. The van der Waals surface area contributed by atoms with E-state index < -0.39 is 0 Å². The number of hydrogen-bond acceptors (Lipinski definition) is 3. The van der Waals surface area contributed by atoms with E-state index in [-0.39, 0.29) is 36.7 Å². The third kappa shape index (κ3) is 7.52. The Kier molecular flexibility index (Phi) is 9.29. The summed E-state index contributed by atoms with van der Waals surface area (Å²) in [6.07, 6.45) is 4.89. The van der Waals surface area contributed by atoms with Crippen LogP contribution in [0.4, 0.5) is 0 Å². The summed E-state index contributed by atoms with van der Waals surface area (Å²) < 4.78 is 0. The van der Waals surface area contributed by atoms with Crippen LogP contribution in [-0.4, -0.2) is 42.3 Å². The molecule has 1 saturated heterocycles. The van der Waals surface area contributed by atoms with Gasteiger partial charge in [-0.1, -0.05) is 60.7 Å². The molecule has 6 heteroatoms. The maximum Gasteiger partial charge on any atom is 0.242 e. The van der Waals surface area contributed by atoms with Crippen molar-refractivity contribution in [1.82, 2.24) is 15.5 Å². The van der Waals surface area contributed by atoms with Crippen molar-refractivity contribution in [3.8, 4) is 0 Å². The molecule has 0 spiro atoms. The SMILES string of the molecule is O=C(CCCc1ccccc1)NCC(=O)N1CCCCCNC(=O)CC1c1ccccc1. The van der Waals surface area contributed by atoms with Gasteiger partial charge in [-0.15, -0.1) is 0 Å². The predicted molar refractivity (Wildman–Crippen MR) is 125 cm³/mol. The number of amides is 3. The first-order valence-electron chi connectivity index (χ1n) is 11.6. The smallest absolute Gasteiger partial charge is 0.242 e. The van der Waals surface area contributed by atoms with E-state index in [1.807, 2.05) is 60.7 Å². The van der Waals surface area contributed by atoms with Gasteiger partial charge in [-0.2, -0.15) is 0 Å². The van der Waals surface area contributed by atoms with E-state index in [9.17, 15) is 14.4 Å². The summed E-state index contributed by atoms with van der Waals surface area (Å²) in [5, 5.41) is 5.73. The van der Waals surface area contributed by atoms with Crippen molar-refractivity contribution < 1.29 is 14.4 Å². The summed E-state index contributed by atoms with van der Waals surface area (Å²) in [6.45, 7) is 1.21. The second-order valence-corrected chi connectivity index (χ2v) is 8.24. The summed E-state index contributed by atoms with van der Waals surface area (Å²) in [5.74, 6) is -0.323. The minimum atomic E-state index is -0.336. The first-order chi connectivity index (χ1) is 15.6. The van der Waals surface area contributed by atoms with E-state index in [2.05, 4.69) is 10.6 Å². The highest BCUT2D eigenvalue weighted by Gasteiger charge is 2.27. The van der Waals surface area contributed by atoms with E-state index in [0.29, 0.717) is 19.5 Å². The maximum atomic E-state index is 13.1. The Labute approximate surface area is 190 Å². The molecular weight excluding hydrogens is 402 g/mol. The standard InChI is InChI=1S/C26H33N3O3/c30-24(16-10-13-21-11-4-1-5-12-21)28-20-26(32)29-18-9-3-8-17-27-25(31)19-23(29)22-14-6-2-7-15-22/h1-2,4-7,11-12,14-15,23H,3,8-10,13,16-20H2,(H,27,31)(H,28,30). The van der Waals surface area contributed by atoms with Gasteiger partial charge in [0, 0.05) is 19.5 Å². The fourth-order valence-electron chi connectivity index (χ4n) is 4.06. The molecule has 2 aromatic carbocycles. The molecule has 1 atom stereocenters. The van der Waals surface area contributed by atoms with E-state index in [4.69, 9.17) is 0 Å². The lowest BCUT2D eigenvalue weighted by molar-refractivity contribution is -0.136. The zero-order chi connectivity index (χ0) is 22.6. The topological polar surface area (TPSA) is 78.5 Å². The van der Waals surface area contributed by atoms with Gasteiger partial charge in [0.25, 0.3) is 0 Å². The van der Waals surface area contributed by atoms with Crippen LogP contribution >= 0.6 is 0 Å². The second kappa shape index (κ2) is 12.6. The van der Waals surface area contributed by atoms with Gasteiger partial charge >= 0.3 is 0 Å². The van der Waals surface area contributed by atoms with Crippen LogP contribution in [0.1, 0.15) is 55.7 Å². The van der Waals surface area contributed by atoms with Gasteiger partial charge < -0.3 is 15.5 Å². The number of benzene rings is 2. The Morgan fingerprint density at radius 2 is 1.69 bits per heavy atom. The van der Waals surface area contributed by atoms with Crippen LogP contribution in [0.15, 0.2) is 60.7 Å². The van der Waals surface area contributed by atoms with E-state index in [1.165, 1.54) is 5.56 Å². The molecule has 0 saturated carbocycles. The third-order valence-corrected chi connectivity index (χ3v) is 5.81. The fourth-order valence-corrected chi connectivity index (χ4v) is 4.06. The number of aryl methyl sites for hydroxylation is 1. The van der Waals surface area contributed by atoms with Crippen LogP contribution in [0.2, 0.25) is 0 Å². The van der Waals surface area contributed by atoms with Crippen LogP contribution < -0.4 is 10.6 Å². The quantitative estimate of drug-likeness (QED) is 0.700. The molecule has 1 aliphatic rings. The number of nitrogens with one attached hydrogen (secondary N) is 2. The van der Waals surface area contributed by atoms with Gasteiger partial charge in [0.2, 0.25) is 17.7 Å². The monoisotopic (exact) mass is 435 g/mol. The van der Waals surface area contributed by atoms with Gasteiger partial charge in [0.1, 0.15) is 0 Å². The maximum absolute atomic E-state index is 13.1. The summed E-state index contributed by atoms with van der Waals surface area (Å²) in [7, 11) is 0. The number of carbonyl (C=O) groups excluding carboxylic acids is 3. The predicted octanol–water partition coefficient (Wildman–Crippen LogP) is 3.39. The molecule has 1 heterocycles. The molecule has 3 amide bonds. The van der Waals surface area contributed by atoms with Gasteiger partial charge in [0.05, 0.1) is 19.0 Å². The number of hydrogen-bond donors (Lipinski definition) is 2. The highest BCUT2D eigenvalue weighted by molar-refractivity contribution is 5.85. The molecule has 6 nitrogen and oxygen atoms in total. The first kappa shape index (κ1) is 23.5. The summed E-state index contributed by atoms with van der Waals surface area (Å²) in [4.78, 5) is 39.6. The largest absolute Gasteiger partial charge is 0.356 e. The lowest BCUT2D eigenvalue weighted by Gasteiger charge is -2.33. The third-order valence-electron chi connectivity index (χ3n) is 5.81. The van der Waals surface area contributed by atoms with Crippen LogP contribution in [0.5, 0.6) is 0 Å². The van der Waals surface area contributed by atoms with Crippen LogP contribution in [-0.2, 0) is 20.8 Å². The van der Waals surface area contributed by atoms with Crippen molar-refractivity contribution in [1.29, 1.82) is 0 Å². The Bertz CT molecular complexity index is 870. The first-order valence-corrected chi connectivity index (χ1v) is 11.6. The fraction of sp³-hybridized carbons (Fsp3) is 0.423. The van der Waals surface area contributed by atoms with Crippen molar-refractivity contribution in [2.75, 3.05) is 19.6 Å². The molecule has 2 N–H and O–H groups in total. The van der Waals surface area contributed by atoms with Crippen molar-refractivity contribution in [2.24, 2.45) is 0 Å². The summed E-state index contributed by atoms with van der Waals surface area (Å²) >= 11 is 0. The van der Waals surface area contributed by atoms with Crippen molar-refractivity contribution in [3.63, 3.8) is 0 Å². The molecule has 2 aromatic rings. The Balaban J connectivity index is 1.58. The van der Waals surface area contributed by atoms with Crippen LogP contribution in [0, 0.1) is 0 Å². The molecule has 32 heavy (non-hydrogen) atoms. The van der Waals surface area contributed by atoms with Crippen LogP contribution in [0.25, 0.3) is 0 Å². The van der Waals surface area contributed by atoms with Gasteiger partial charge in [-0.25, -0.2) is 0 Å². The van der Waals surface area contributed by atoms with E-state index in [1.54, 1.807) is 4.90 Å².